The van der Waals surface area contributed by atoms with Gasteiger partial charge in [-0.25, -0.2) is 4.79 Å². The Labute approximate surface area is 112 Å². The van der Waals surface area contributed by atoms with Crippen molar-refractivity contribution >= 4 is 58.3 Å². The summed E-state index contributed by atoms with van der Waals surface area (Å²) >= 11 is 3.85. The first-order valence-electron chi connectivity index (χ1n) is 3.71. The molecule has 0 N–H and O–H groups in total. The fourth-order valence-electron chi connectivity index (χ4n) is 0.572. The van der Waals surface area contributed by atoms with Crippen LogP contribution in [-0.4, -0.2) is 55.5 Å². The van der Waals surface area contributed by atoms with Crippen molar-refractivity contribution in [2.45, 2.75) is 13.3 Å². The van der Waals surface area contributed by atoms with E-state index < -0.39 is 16.1 Å². The molecule has 0 saturated heterocycles. The summed E-state index contributed by atoms with van der Waals surface area (Å²) < 4.78 is 26.1. The standard InChI is InChI=1S/C7H12O4S2.Na.H/c1-2-4-7(8)11-13(9,10)6-3-5-12;;/h2,4,12H,3,5-6H2,1H3;;. The van der Waals surface area contributed by atoms with Gasteiger partial charge in [-0.2, -0.15) is 21.0 Å². The van der Waals surface area contributed by atoms with E-state index in [1.807, 2.05) is 0 Å². The van der Waals surface area contributed by atoms with Crippen molar-refractivity contribution in [1.29, 1.82) is 0 Å². The van der Waals surface area contributed by atoms with Crippen LogP contribution < -0.4 is 0 Å². The molecule has 0 saturated carbocycles. The molecule has 0 rings (SSSR count). The van der Waals surface area contributed by atoms with Crippen LogP contribution in [0.1, 0.15) is 13.3 Å². The first kappa shape index (κ1) is 16.9. The number of hydrogen-bond acceptors (Lipinski definition) is 5. The molecule has 0 heterocycles. The van der Waals surface area contributed by atoms with Gasteiger partial charge in [-0.05, 0) is 19.1 Å². The van der Waals surface area contributed by atoms with E-state index >= 15 is 0 Å². The number of hydrogen-bond donors (Lipinski definition) is 1. The Bertz CT molecular complexity index is 284. The van der Waals surface area contributed by atoms with Gasteiger partial charge in [0.1, 0.15) is 0 Å². The predicted octanol–water partition coefficient (Wildman–Crippen LogP) is 0.107. The average Bonchev–Trinajstić information content (AvgIpc) is 2.00. The van der Waals surface area contributed by atoms with Crippen molar-refractivity contribution in [3.63, 3.8) is 0 Å². The van der Waals surface area contributed by atoms with Gasteiger partial charge in [0.05, 0.1) is 5.75 Å². The van der Waals surface area contributed by atoms with Crippen molar-refractivity contribution in [2.75, 3.05) is 11.5 Å². The molecule has 7 heteroatoms. The van der Waals surface area contributed by atoms with Crippen molar-refractivity contribution < 1.29 is 17.4 Å². The Hall–Kier alpha value is 0.510. The van der Waals surface area contributed by atoms with Crippen LogP contribution in [0.25, 0.3) is 0 Å². The van der Waals surface area contributed by atoms with Gasteiger partial charge in [0.15, 0.2) is 0 Å². The molecule has 0 aromatic rings. The summed E-state index contributed by atoms with van der Waals surface area (Å²) in [6.07, 6.45) is 2.84. The molecule has 0 bridgehead atoms. The van der Waals surface area contributed by atoms with Crippen molar-refractivity contribution in [2.24, 2.45) is 0 Å². The first-order valence-corrected chi connectivity index (χ1v) is 5.92. The van der Waals surface area contributed by atoms with Gasteiger partial charge in [0, 0.05) is 6.08 Å². The molecule has 0 fully saturated rings. The summed E-state index contributed by atoms with van der Waals surface area (Å²) in [4.78, 5) is 10.7. The molecule has 78 valence electrons. The third kappa shape index (κ3) is 9.08. The summed E-state index contributed by atoms with van der Waals surface area (Å²) in [7, 11) is -3.71. The maximum atomic E-state index is 11.0. The number of allylic oxidation sites excluding steroid dienone is 1. The fraction of sp³-hybridized carbons (Fsp3) is 0.571. The molecule has 0 aliphatic heterocycles. The molecule has 0 amide bonds. The molecule has 0 aliphatic carbocycles. The molecule has 4 nitrogen and oxygen atoms in total. The second-order valence-corrected chi connectivity index (χ2v) is 4.38. The molecule has 0 aromatic heterocycles. The molecular formula is C7H13NaO4S2. The second-order valence-electron chi connectivity index (χ2n) is 2.24. The Morgan fingerprint density at radius 2 is 2.07 bits per heavy atom. The van der Waals surface area contributed by atoms with Gasteiger partial charge < -0.3 is 4.18 Å². The zero-order chi connectivity index (χ0) is 10.3. The minimum atomic E-state index is -3.71. The van der Waals surface area contributed by atoms with E-state index in [9.17, 15) is 13.2 Å². The molecule has 14 heavy (non-hydrogen) atoms. The monoisotopic (exact) mass is 248 g/mol. The van der Waals surface area contributed by atoms with E-state index in [2.05, 4.69) is 16.8 Å². The number of carbonyl (C=O) groups excluding carboxylic acids is 1. The molecular weight excluding hydrogens is 235 g/mol. The molecule has 0 spiro atoms. The van der Waals surface area contributed by atoms with Crippen LogP contribution in [0.5, 0.6) is 0 Å². The Morgan fingerprint density at radius 1 is 1.50 bits per heavy atom. The van der Waals surface area contributed by atoms with E-state index in [-0.39, 0.29) is 35.3 Å². The fourth-order valence-corrected chi connectivity index (χ4v) is 1.83. The van der Waals surface area contributed by atoms with Crippen molar-refractivity contribution in [1.82, 2.24) is 0 Å². The molecule has 0 radical (unpaired) electrons. The number of thiol groups is 1. The summed E-state index contributed by atoms with van der Waals surface area (Å²) in [5.41, 5.74) is 0. The summed E-state index contributed by atoms with van der Waals surface area (Å²) in [6.45, 7) is 1.60. The van der Waals surface area contributed by atoms with Crippen LogP contribution in [0, 0.1) is 0 Å². The van der Waals surface area contributed by atoms with Gasteiger partial charge in [0.25, 0.3) is 0 Å². The van der Waals surface area contributed by atoms with Gasteiger partial charge in [0.2, 0.25) is 0 Å². The maximum absolute atomic E-state index is 11.0. The summed E-state index contributed by atoms with van der Waals surface area (Å²) in [5.74, 6) is -0.595. The van der Waals surface area contributed by atoms with Crippen LogP contribution >= 0.6 is 12.6 Å². The van der Waals surface area contributed by atoms with Gasteiger partial charge in [-0.1, -0.05) is 6.08 Å². The topological polar surface area (TPSA) is 60.4 Å². The Kier molecular flexibility index (Phi) is 10.6. The number of carbonyl (C=O) groups is 1. The van der Waals surface area contributed by atoms with Crippen LogP contribution in [0.2, 0.25) is 0 Å². The zero-order valence-corrected chi connectivity index (χ0v) is 8.98. The molecule has 0 aromatic carbocycles. The van der Waals surface area contributed by atoms with Crippen LogP contribution in [0.3, 0.4) is 0 Å². The predicted molar refractivity (Wildman–Crippen MR) is 60.3 cm³/mol. The quantitative estimate of drug-likeness (QED) is 0.324. The second kappa shape index (κ2) is 8.79. The van der Waals surface area contributed by atoms with Crippen LogP contribution in [0.4, 0.5) is 0 Å². The summed E-state index contributed by atoms with van der Waals surface area (Å²) in [5, 5.41) is 0. The van der Waals surface area contributed by atoms with E-state index in [0.717, 1.165) is 6.08 Å². The number of rotatable bonds is 5. The first-order chi connectivity index (χ1) is 6.02. The third-order valence-corrected chi connectivity index (χ3v) is 2.59. The molecule has 0 aliphatic rings. The van der Waals surface area contributed by atoms with Gasteiger partial charge in [-0.15, -0.1) is 0 Å². The normalized spacial score (nSPS) is 11.0. The van der Waals surface area contributed by atoms with E-state index in [1.54, 1.807) is 6.92 Å². The third-order valence-electron chi connectivity index (χ3n) is 1.06. The van der Waals surface area contributed by atoms with Crippen LogP contribution in [0.15, 0.2) is 12.2 Å². The molecule has 0 unspecified atom stereocenters. The molecule has 0 atom stereocenters. The van der Waals surface area contributed by atoms with Crippen molar-refractivity contribution in [3.8, 4) is 0 Å². The van der Waals surface area contributed by atoms with Gasteiger partial charge >= 0.3 is 45.6 Å². The van der Waals surface area contributed by atoms with E-state index in [1.165, 1.54) is 6.08 Å². The summed E-state index contributed by atoms with van der Waals surface area (Å²) in [6, 6.07) is 0. The minimum absolute atomic E-state index is 0. The average molecular weight is 248 g/mol. The van der Waals surface area contributed by atoms with Crippen LogP contribution in [-0.2, 0) is 19.1 Å². The Morgan fingerprint density at radius 3 is 2.50 bits per heavy atom. The van der Waals surface area contributed by atoms with Gasteiger partial charge in [-0.3, -0.25) is 0 Å². The SMILES string of the molecule is CC=CC(=O)OS(=O)(=O)CCCS.[NaH]. The van der Waals surface area contributed by atoms with E-state index in [4.69, 9.17) is 0 Å². The van der Waals surface area contributed by atoms with E-state index in [0.29, 0.717) is 12.2 Å². The zero-order valence-electron chi connectivity index (χ0n) is 7.26. The van der Waals surface area contributed by atoms with Crippen molar-refractivity contribution in [3.05, 3.63) is 12.2 Å². The Balaban J connectivity index is 0.